The van der Waals surface area contributed by atoms with E-state index in [9.17, 15) is 5.11 Å². The summed E-state index contributed by atoms with van der Waals surface area (Å²) < 4.78 is 0. The lowest BCUT2D eigenvalue weighted by Crippen LogP contribution is -2.54. The van der Waals surface area contributed by atoms with Crippen molar-refractivity contribution < 1.29 is 5.11 Å². The van der Waals surface area contributed by atoms with E-state index in [-0.39, 0.29) is 6.10 Å². The molecule has 16 heavy (non-hydrogen) atoms. The Labute approximate surface area is 98.4 Å². The van der Waals surface area contributed by atoms with Crippen LogP contribution in [0.15, 0.2) is 0 Å². The van der Waals surface area contributed by atoms with E-state index in [4.69, 9.17) is 0 Å². The highest BCUT2D eigenvalue weighted by Gasteiger charge is 2.34. The Morgan fingerprint density at radius 3 is 2.50 bits per heavy atom. The lowest BCUT2D eigenvalue weighted by atomic mass is 9.91. The fraction of sp³-hybridized carbons (Fsp3) is 1.00. The molecule has 3 aliphatic rings. The van der Waals surface area contributed by atoms with Gasteiger partial charge in [0.2, 0.25) is 0 Å². The van der Waals surface area contributed by atoms with Gasteiger partial charge in [-0.15, -0.1) is 0 Å². The van der Waals surface area contributed by atoms with Crippen LogP contribution < -0.4 is 0 Å². The molecule has 0 bridgehead atoms. The second-order valence-electron chi connectivity index (χ2n) is 5.80. The molecule has 0 aromatic rings. The lowest BCUT2D eigenvalue weighted by Gasteiger charge is -2.43. The van der Waals surface area contributed by atoms with Crippen molar-refractivity contribution in [2.75, 3.05) is 26.2 Å². The van der Waals surface area contributed by atoms with E-state index in [1.807, 2.05) is 0 Å². The highest BCUT2D eigenvalue weighted by Crippen LogP contribution is 2.28. The first-order chi connectivity index (χ1) is 7.83. The van der Waals surface area contributed by atoms with Crippen LogP contribution in [0.4, 0.5) is 0 Å². The molecule has 1 aliphatic carbocycles. The second kappa shape index (κ2) is 4.63. The van der Waals surface area contributed by atoms with Gasteiger partial charge in [-0.05, 0) is 45.1 Å². The van der Waals surface area contributed by atoms with Crippen LogP contribution in [0.25, 0.3) is 0 Å². The van der Waals surface area contributed by atoms with Crippen molar-refractivity contribution in [2.24, 2.45) is 0 Å². The molecule has 2 heterocycles. The van der Waals surface area contributed by atoms with Gasteiger partial charge < -0.3 is 5.11 Å². The summed E-state index contributed by atoms with van der Waals surface area (Å²) in [5.41, 5.74) is 0. The van der Waals surface area contributed by atoms with Crippen LogP contribution in [-0.2, 0) is 0 Å². The minimum Gasteiger partial charge on any atom is -0.393 e. The topological polar surface area (TPSA) is 26.7 Å². The molecule has 0 spiro atoms. The summed E-state index contributed by atoms with van der Waals surface area (Å²) in [6, 6.07) is 1.50. The Balaban J connectivity index is 1.58. The van der Waals surface area contributed by atoms with E-state index in [0.717, 1.165) is 18.9 Å². The van der Waals surface area contributed by atoms with E-state index < -0.39 is 0 Å². The monoisotopic (exact) mass is 224 g/mol. The Morgan fingerprint density at radius 2 is 1.62 bits per heavy atom. The maximum atomic E-state index is 9.76. The van der Waals surface area contributed by atoms with E-state index in [2.05, 4.69) is 9.80 Å². The lowest BCUT2D eigenvalue weighted by molar-refractivity contribution is 0.0216. The molecule has 0 radical (unpaired) electrons. The van der Waals surface area contributed by atoms with Crippen LogP contribution in [0, 0.1) is 0 Å². The van der Waals surface area contributed by atoms with Crippen molar-refractivity contribution in [3.05, 3.63) is 0 Å². The summed E-state index contributed by atoms with van der Waals surface area (Å²) in [6.45, 7) is 5.08. The van der Waals surface area contributed by atoms with Crippen molar-refractivity contribution in [2.45, 2.75) is 56.7 Å². The standard InChI is InChI=1S/C13H24N2O/c16-13-5-1-3-11(9-13)15-8-7-14-6-2-4-12(14)10-15/h11-13,16H,1-10H2. The maximum Gasteiger partial charge on any atom is 0.0555 e. The number of rotatable bonds is 1. The minimum atomic E-state index is -0.0274. The van der Waals surface area contributed by atoms with Gasteiger partial charge in [-0.2, -0.15) is 0 Å². The number of fused-ring (bicyclic) bond motifs is 1. The number of hydrogen-bond donors (Lipinski definition) is 1. The zero-order valence-electron chi connectivity index (χ0n) is 10.1. The third-order valence-corrected chi connectivity index (χ3v) is 4.75. The molecule has 3 nitrogen and oxygen atoms in total. The first kappa shape index (κ1) is 11.0. The quantitative estimate of drug-likeness (QED) is 0.722. The van der Waals surface area contributed by atoms with Crippen LogP contribution in [-0.4, -0.2) is 59.3 Å². The SMILES string of the molecule is OC1CCCC(N2CCN3CCCC3C2)C1. The Morgan fingerprint density at radius 1 is 0.812 bits per heavy atom. The van der Waals surface area contributed by atoms with Crippen LogP contribution in [0.1, 0.15) is 38.5 Å². The van der Waals surface area contributed by atoms with Crippen LogP contribution >= 0.6 is 0 Å². The summed E-state index contributed by atoms with van der Waals surface area (Å²) in [5, 5.41) is 9.76. The molecule has 2 aliphatic heterocycles. The molecule has 1 saturated carbocycles. The summed E-state index contributed by atoms with van der Waals surface area (Å²) in [5.74, 6) is 0. The molecule has 3 atom stereocenters. The molecule has 3 fully saturated rings. The van der Waals surface area contributed by atoms with Crippen molar-refractivity contribution in [3.63, 3.8) is 0 Å². The van der Waals surface area contributed by atoms with Crippen molar-refractivity contribution >= 4 is 0 Å². The summed E-state index contributed by atoms with van der Waals surface area (Å²) in [4.78, 5) is 5.32. The summed E-state index contributed by atoms with van der Waals surface area (Å²) in [6.07, 6.45) is 7.34. The first-order valence-electron chi connectivity index (χ1n) is 6.99. The molecule has 92 valence electrons. The number of aliphatic hydroxyl groups is 1. The molecule has 1 N–H and O–H groups in total. The van der Waals surface area contributed by atoms with Crippen molar-refractivity contribution in [1.82, 2.24) is 9.80 Å². The zero-order valence-corrected chi connectivity index (χ0v) is 10.1. The van der Waals surface area contributed by atoms with Gasteiger partial charge in [0.25, 0.3) is 0 Å². The van der Waals surface area contributed by atoms with Gasteiger partial charge in [0.05, 0.1) is 6.10 Å². The van der Waals surface area contributed by atoms with Gasteiger partial charge in [0.1, 0.15) is 0 Å². The van der Waals surface area contributed by atoms with Gasteiger partial charge in [-0.25, -0.2) is 0 Å². The van der Waals surface area contributed by atoms with Crippen molar-refractivity contribution in [3.8, 4) is 0 Å². The van der Waals surface area contributed by atoms with E-state index in [1.165, 1.54) is 51.9 Å². The maximum absolute atomic E-state index is 9.76. The normalized spacial score (nSPS) is 42.2. The number of aliphatic hydroxyl groups excluding tert-OH is 1. The van der Waals surface area contributed by atoms with E-state index in [1.54, 1.807) is 0 Å². The van der Waals surface area contributed by atoms with E-state index in [0.29, 0.717) is 6.04 Å². The van der Waals surface area contributed by atoms with E-state index >= 15 is 0 Å². The molecule has 3 heteroatoms. The molecule has 3 rings (SSSR count). The van der Waals surface area contributed by atoms with Crippen molar-refractivity contribution in [1.29, 1.82) is 0 Å². The fourth-order valence-electron chi connectivity index (χ4n) is 3.82. The average Bonchev–Trinajstić information content (AvgIpc) is 2.75. The van der Waals surface area contributed by atoms with Gasteiger partial charge in [-0.1, -0.05) is 0 Å². The molecule has 0 amide bonds. The molecular weight excluding hydrogens is 200 g/mol. The van der Waals surface area contributed by atoms with Gasteiger partial charge >= 0.3 is 0 Å². The predicted octanol–water partition coefficient (Wildman–Crippen LogP) is 1.07. The average molecular weight is 224 g/mol. The molecule has 0 aromatic heterocycles. The summed E-state index contributed by atoms with van der Waals surface area (Å²) in [7, 11) is 0. The largest absolute Gasteiger partial charge is 0.393 e. The number of piperazine rings is 1. The second-order valence-corrected chi connectivity index (χ2v) is 5.80. The predicted molar refractivity (Wildman–Crippen MR) is 64.4 cm³/mol. The smallest absolute Gasteiger partial charge is 0.0555 e. The Kier molecular flexibility index (Phi) is 3.18. The zero-order chi connectivity index (χ0) is 11.0. The molecule has 3 unspecified atom stereocenters. The van der Waals surface area contributed by atoms with Gasteiger partial charge in [0, 0.05) is 31.7 Å². The third-order valence-electron chi connectivity index (χ3n) is 4.75. The minimum absolute atomic E-state index is 0.0274. The first-order valence-corrected chi connectivity index (χ1v) is 6.99. The van der Waals surface area contributed by atoms with Crippen LogP contribution in [0.3, 0.4) is 0 Å². The van der Waals surface area contributed by atoms with Crippen LogP contribution in [0.5, 0.6) is 0 Å². The molecular formula is C13H24N2O. The number of nitrogens with zero attached hydrogens (tertiary/aromatic N) is 2. The summed E-state index contributed by atoms with van der Waals surface area (Å²) >= 11 is 0. The highest BCUT2D eigenvalue weighted by atomic mass is 16.3. The highest BCUT2D eigenvalue weighted by molar-refractivity contribution is 4.90. The molecule has 2 saturated heterocycles. The van der Waals surface area contributed by atoms with Gasteiger partial charge in [0.15, 0.2) is 0 Å². The Hall–Kier alpha value is -0.120. The Bertz CT molecular complexity index is 246. The third kappa shape index (κ3) is 2.13. The fourth-order valence-corrected chi connectivity index (χ4v) is 3.82. The van der Waals surface area contributed by atoms with Gasteiger partial charge in [-0.3, -0.25) is 9.80 Å². The number of hydrogen-bond acceptors (Lipinski definition) is 3. The molecule has 0 aromatic carbocycles. The van der Waals surface area contributed by atoms with Crippen LogP contribution in [0.2, 0.25) is 0 Å².